The zero-order chi connectivity index (χ0) is 16.2. The molecule has 5 nitrogen and oxygen atoms in total. The second-order valence-corrected chi connectivity index (χ2v) is 6.86. The Bertz CT molecular complexity index is 630. The number of anilines is 1. The average molecular weight is 320 g/mol. The van der Waals surface area contributed by atoms with Crippen molar-refractivity contribution >= 4 is 22.9 Å². The third-order valence-electron chi connectivity index (χ3n) is 2.84. The van der Waals surface area contributed by atoms with Gasteiger partial charge in [0, 0.05) is 11.1 Å². The Morgan fingerprint density at radius 1 is 1.32 bits per heavy atom. The summed E-state index contributed by atoms with van der Waals surface area (Å²) in [5, 5.41) is 12.5. The number of thiazole rings is 1. The van der Waals surface area contributed by atoms with E-state index in [0.717, 1.165) is 5.01 Å². The van der Waals surface area contributed by atoms with Crippen LogP contribution >= 0.6 is 11.3 Å². The second kappa shape index (κ2) is 6.89. The highest BCUT2D eigenvalue weighted by molar-refractivity contribution is 7.13. The molecule has 2 N–H and O–H groups in total. The number of carbonyl (C=O) groups excluding carboxylic acids is 1. The summed E-state index contributed by atoms with van der Waals surface area (Å²) in [6.45, 7) is 6.43. The van der Waals surface area contributed by atoms with Crippen molar-refractivity contribution in [3.63, 3.8) is 0 Å². The highest BCUT2D eigenvalue weighted by Gasteiger charge is 2.20. The van der Waals surface area contributed by atoms with E-state index in [0.29, 0.717) is 16.3 Å². The fourth-order valence-corrected chi connectivity index (χ4v) is 2.59. The lowest BCUT2D eigenvalue weighted by Crippen LogP contribution is -2.11. The van der Waals surface area contributed by atoms with Gasteiger partial charge in [-0.15, -0.1) is 11.3 Å². The van der Waals surface area contributed by atoms with Gasteiger partial charge < -0.3 is 15.2 Å². The van der Waals surface area contributed by atoms with E-state index in [4.69, 9.17) is 9.84 Å². The molecule has 2 aromatic rings. The zero-order valence-electron chi connectivity index (χ0n) is 12.9. The van der Waals surface area contributed by atoms with Gasteiger partial charge in [-0.3, -0.25) is 4.79 Å². The van der Waals surface area contributed by atoms with Crippen LogP contribution in [0.25, 0.3) is 0 Å². The molecular formula is C16H20N2O3S. The first kappa shape index (κ1) is 16.5. The molecule has 118 valence electrons. The number of hydrogen-bond acceptors (Lipinski definition) is 5. The van der Waals surface area contributed by atoms with Gasteiger partial charge in [0.05, 0.1) is 17.8 Å². The predicted octanol–water partition coefficient (Wildman–Crippen LogP) is 3.06. The van der Waals surface area contributed by atoms with Gasteiger partial charge in [-0.2, -0.15) is 0 Å². The lowest BCUT2D eigenvalue weighted by atomic mass is 9.98. The minimum Gasteiger partial charge on any atom is -0.491 e. The molecule has 0 spiro atoms. The number of hydrogen-bond donors (Lipinski definition) is 2. The molecule has 0 radical (unpaired) electrons. The van der Waals surface area contributed by atoms with Crippen molar-refractivity contribution in [2.75, 3.05) is 18.5 Å². The van der Waals surface area contributed by atoms with Gasteiger partial charge in [-0.25, -0.2) is 4.98 Å². The van der Waals surface area contributed by atoms with Crippen LogP contribution in [-0.2, 0) is 5.41 Å². The quantitative estimate of drug-likeness (QED) is 0.888. The normalized spacial score (nSPS) is 11.3. The summed E-state index contributed by atoms with van der Waals surface area (Å²) in [6.07, 6.45) is 1.61. The molecule has 0 aliphatic carbocycles. The highest BCUT2D eigenvalue weighted by atomic mass is 32.1. The lowest BCUT2D eigenvalue weighted by molar-refractivity contribution is 0.103. The van der Waals surface area contributed by atoms with Gasteiger partial charge in [0.2, 0.25) is 0 Å². The maximum absolute atomic E-state index is 12.2. The first-order valence-electron chi connectivity index (χ1n) is 7.01. The standard InChI is InChI=1S/C16H20N2O3S/c1-16(2,3)15-17-10-13(22-15)14(20)18-11-4-6-12(7-5-11)21-9-8-19/h4-7,10,19H,8-9H2,1-3H3,(H,18,20). The largest absolute Gasteiger partial charge is 0.491 e. The molecule has 1 aromatic heterocycles. The van der Waals surface area contributed by atoms with Crippen LogP contribution in [0.2, 0.25) is 0 Å². The summed E-state index contributed by atoms with van der Waals surface area (Å²) in [5.74, 6) is 0.483. The van der Waals surface area contributed by atoms with E-state index in [1.54, 1.807) is 30.5 Å². The van der Waals surface area contributed by atoms with Gasteiger partial charge in [-0.05, 0) is 24.3 Å². The van der Waals surface area contributed by atoms with E-state index >= 15 is 0 Å². The van der Waals surface area contributed by atoms with Gasteiger partial charge in [0.1, 0.15) is 17.2 Å². The molecule has 0 bridgehead atoms. The number of amides is 1. The maximum atomic E-state index is 12.2. The highest BCUT2D eigenvalue weighted by Crippen LogP contribution is 2.27. The first-order chi connectivity index (χ1) is 10.4. The first-order valence-corrected chi connectivity index (χ1v) is 7.83. The average Bonchev–Trinajstić information content (AvgIpc) is 2.96. The number of ether oxygens (including phenoxy) is 1. The molecular weight excluding hydrogens is 300 g/mol. The van der Waals surface area contributed by atoms with Crippen molar-refractivity contribution in [2.45, 2.75) is 26.2 Å². The number of aliphatic hydroxyl groups excluding tert-OH is 1. The summed E-state index contributed by atoms with van der Waals surface area (Å²) in [7, 11) is 0. The van der Waals surface area contributed by atoms with Gasteiger partial charge in [0.15, 0.2) is 0 Å². The van der Waals surface area contributed by atoms with E-state index in [1.165, 1.54) is 11.3 Å². The van der Waals surface area contributed by atoms with Crippen LogP contribution in [0, 0.1) is 0 Å². The minimum atomic E-state index is -0.169. The lowest BCUT2D eigenvalue weighted by Gasteiger charge is -2.13. The Kier molecular flexibility index (Phi) is 5.15. The van der Waals surface area contributed by atoms with Crippen LogP contribution in [0.1, 0.15) is 35.5 Å². The number of benzene rings is 1. The molecule has 22 heavy (non-hydrogen) atoms. The molecule has 0 unspecified atom stereocenters. The Balaban J connectivity index is 2.01. The molecule has 1 aromatic carbocycles. The Morgan fingerprint density at radius 2 is 2.00 bits per heavy atom. The summed E-state index contributed by atoms with van der Waals surface area (Å²) < 4.78 is 5.27. The predicted molar refractivity (Wildman–Crippen MR) is 87.8 cm³/mol. The van der Waals surface area contributed by atoms with Crippen molar-refractivity contribution in [3.8, 4) is 5.75 Å². The monoisotopic (exact) mass is 320 g/mol. The van der Waals surface area contributed by atoms with E-state index in [2.05, 4.69) is 31.1 Å². The third-order valence-corrected chi connectivity index (χ3v) is 4.27. The number of aromatic nitrogens is 1. The molecule has 0 atom stereocenters. The van der Waals surface area contributed by atoms with Crippen molar-refractivity contribution in [1.82, 2.24) is 4.98 Å². The van der Waals surface area contributed by atoms with Crippen LogP contribution in [0.3, 0.4) is 0 Å². The maximum Gasteiger partial charge on any atom is 0.267 e. The second-order valence-electron chi connectivity index (χ2n) is 5.83. The Labute approximate surface area is 134 Å². The molecule has 0 saturated carbocycles. The molecule has 0 saturated heterocycles. The van der Waals surface area contributed by atoms with Crippen LogP contribution in [0.4, 0.5) is 5.69 Å². The molecule has 6 heteroatoms. The third kappa shape index (κ3) is 4.29. The van der Waals surface area contributed by atoms with Crippen molar-refractivity contribution in [1.29, 1.82) is 0 Å². The molecule has 2 rings (SSSR count). The summed E-state index contributed by atoms with van der Waals surface area (Å²) >= 11 is 1.41. The SMILES string of the molecule is CC(C)(C)c1ncc(C(=O)Nc2ccc(OCCO)cc2)s1. The Hall–Kier alpha value is -1.92. The van der Waals surface area contributed by atoms with Crippen molar-refractivity contribution < 1.29 is 14.6 Å². The van der Waals surface area contributed by atoms with Crippen LogP contribution < -0.4 is 10.1 Å². The molecule has 1 amide bonds. The topological polar surface area (TPSA) is 71.5 Å². The fraction of sp³-hybridized carbons (Fsp3) is 0.375. The van der Waals surface area contributed by atoms with Crippen LogP contribution in [-0.4, -0.2) is 29.2 Å². The van der Waals surface area contributed by atoms with E-state index in [9.17, 15) is 4.79 Å². The summed E-state index contributed by atoms with van der Waals surface area (Å²) in [6, 6.07) is 7.02. The summed E-state index contributed by atoms with van der Waals surface area (Å²) in [4.78, 5) is 17.1. The fourth-order valence-electron chi connectivity index (χ4n) is 1.72. The molecule has 0 aliphatic rings. The van der Waals surface area contributed by atoms with Crippen LogP contribution in [0.15, 0.2) is 30.5 Å². The molecule has 0 fully saturated rings. The number of rotatable bonds is 5. The smallest absolute Gasteiger partial charge is 0.267 e. The van der Waals surface area contributed by atoms with Gasteiger partial charge in [0.25, 0.3) is 5.91 Å². The van der Waals surface area contributed by atoms with Crippen molar-refractivity contribution in [3.05, 3.63) is 40.3 Å². The molecule has 0 aliphatic heterocycles. The minimum absolute atomic E-state index is 0.0278. The number of aliphatic hydroxyl groups is 1. The van der Waals surface area contributed by atoms with Crippen LogP contribution in [0.5, 0.6) is 5.75 Å². The van der Waals surface area contributed by atoms with E-state index < -0.39 is 0 Å². The Morgan fingerprint density at radius 3 is 2.55 bits per heavy atom. The number of nitrogens with zero attached hydrogens (tertiary/aromatic N) is 1. The number of carbonyl (C=O) groups is 1. The van der Waals surface area contributed by atoms with Gasteiger partial charge in [-0.1, -0.05) is 20.8 Å². The van der Waals surface area contributed by atoms with E-state index in [1.807, 2.05) is 0 Å². The van der Waals surface area contributed by atoms with Gasteiger partial charge >= 0.3 is 0 Å². The molecule has 1 heterocycles. The van der Waals surface area contributed by atoms with E-state index in [-0.39, 0.29) is 24.5 Å². The van der Waals surface area contributed by atoms with Crippen molar-refractivity contribution in [2.24, 2.45) is 0 Å². The summed E-state index contributed by atoms with van der Waals surface area (Å²) in [5.41, 5.74) is 0.626. The zero-order valence-corrected chi connectivity index (χ0v) is 13.7. The number of nitrogens with one attached hydrogen (secondary N) is 1.